The molecule has 3 amide bonds. The number of amides is 3. The Balaban J connectivity index is 1.67. The van der Waals surface area contributed by atoms with Crippen molar-refractivity contribution in [1.82, 2.24) is 15.1 Å². The topological polar surface area (TPSA) is 105 Å². The molecule has 0 bridgehead atoms. The number of rotatable bonds is 9. The monoisotopic (exact) mass is 422 g/mol. The largest absolute Gasteiger partial charge is 0.378 e. The maximum Gasteiger partial charge on any atom is 0.243 e. The van der Waals surface area contributed by atoms with Crippen molar-refractivity contribution in [3.63, 3.8) is 0 Å². The molecule has 0 spiro atoms. The first kappa shape index (κ1) is 23.0. The van der Waals surface area contributed by atoms with E-state index in [0.717, 1.165) is 12.8 Å². The molecule has 0 radical (unpaired) electrons. The van der Waals surface area contributed by atoms with Crippen molar-refractivity contribution >= 4 is 17.7 Å². The van der Waals surface area contributed by atoms with Crippen LogP contribution in [0.1, 0.15) is 51.4 Å². The third-order valence-corrected chi connectivity index (χ3v) is 6.97. The number of nitrogens with one attached hydrogen (secondary N) is 1. The van der Waals surface area contributed by atoms with E-state index in [1.165, 1.54) is 19.3 Å². The third-order valence-electron chi connectivity index (χ3n) is 6.97. The minimum absolute atomic E-state index is 0.00280. The van der Waals surface area contributed by atoms with Crippen LogP contribution in [0, 0.1) is 17.8 Å². The Bertz CT molecular complexity index is 629. The summed E-state index contributed by atoms with van der Waals surface area (Å²) in [6.45, 7) is 2.94. The summed E-state index contributed by atoms with van der Waals surface area (Å²) in [7, 11) is 3.89. The van der Waals surface area contributed by atoms with Crippen molar-refractivity contribution in [2.24, 2.45) is 23.5 Å². The van der Waals surface area contributed by atoms with E-state index < -0.39 is 17.4 Å². The Labute approximate surface area is 179 Å². The molecule has 0 aromatic rings. The third kappa shape index (κ3) is 5.72. The number of carbonyl (C=O) groups is 3. The molecule has 170 valence electrons. The van der Waals surface area contributed by atoms with E-state index in [1.54, 1.807) is 4.90 Å². The summed E-state index contributed by atoms with van der Waals surface area (Å²) < 4.78 is 5.34. The van der Waals surface area contributed by atoms with Crippen LogP contribution in [0.4, 0.5) is 0 Å². The lowest BCUT2D eigenvalue weighted by Gasteiger charge is -2.31. The predicted molar refractivity (Wildman–Crippen MR) is 113 cm³/mol. The molecule has 0 aromatic heterocycles. The summed E-state index contributed by atoms with van der Waals surface area (Å²) in [5.41, 5.74) is 4.72. The van der Waals surface area contributed by atoms with Crippen LogP contribution >= 0.6 is 0 Å². The van der Waals surface area contributed by atoms with Gasteiger partial charge in [0.15, 0.2) is 0 Å². The van der Waals surface area contributed by atoms with Gasteiger partial charge in [-0.05, 0) is 32.9 Å². The molecule has 3 fully saturated rings. The minimum atomic E-state index is -0.964. The lowest BCUT2D eigenvalue weighted by Crippen LogP contribution is -2.52. The highest BCUT2D eigenvalue weighted by Gasteiger charge is 2.60. The second-order valence-corrected chi connectivity index (χ2v) is 9.62. The SMILES string of the molecule is CN(C)CC1C[C@@]1(NC(=O)[C@@H](CC(=O)N1CCOCC1)CC1CCCCC1)C(N)=O. The maximum atomic E-state index is 13.3. The van der Waals surface area contributed by atoms with Gasteiger partial charge in [0.1, 0.15) is 5.54 Å². The quantitative estimate of drug-likeness (QED) is 0.570. The van der Waals surface area contributed by atoms with Gasteiger partial charge in [0, 0.05) is 37.9 Å². The normalized spacial score (nSPS) is 28.2. The molecule has 2 aliphatic carbocycles. The zero-order valence-corrected chi connectivity index (χ0v) is 18.5. The van der Waals surface area contributed by atoms with Gasteiger partial charge >= 0.3 is 0 Å². The highest BCUT2D eigenvalue weighted by atomic mass is 16.5. The van der Waals surface area contributed by atoms with Crippen molar-refractivity contribution in [2.45, 2.75) is 56.9 Å². The number of ether oxygens (including phenoxy) is 1. The van der Waals surface area contributed by atoms with Crippen molar-refractivity contribution in [3.05, 3.63) is 0 Å². The van der Waals surface area contributed by atoms with Gasteiger partial charge in [-0.1, -0.05) is 32.1 Å². The molecule has 30 heavy (non-hydrogen) atoms. The van der Waals surface area contributed by atoms with Crippen LogP contribution in [0.5, 0.6) is 0 Å². The Hall–Kier alpha value is -1.67. The Kier molecular flexibility index (Phi) is 7.74. The van der Waals surface area contributed by atoms with Crippen LogP contribution in [-0.2, 0) is 19.1 Å². The summed E-state index contributed by atoms with van der Waals surface area (Å²) in [4.78, 5) is 42.2. The first-order chi connectivity index (χ1) is 14.3. The van der Waals surface area contributed by atoms with Crippen LogP contribution in [0.25, 0.3) is 0 Å². The van der Waals surface area contributed by atoms with Gasteiger partial charge in [0.2, 0.25) is 17.7 Å². The van der Waals surface area contributed by atoms with E-state index in [1.807, 2.05) is 19.0 Å². The van der Waals surface area contributed by atoms with Gasteiger partial charge in [-0.3, -0.25) is 14.4 Å². The van der Waals surface area contributed by atoms with E-state index in [-0.39, 0.29) is 24.2 Å². The van der Waals surface area contributed by atoms with E-state index in [2.05, 4.69) is 5.32 Å². The molecule has 3 atom stereocenters. The van der Waals surface area contributed by atoms with Gasteiger partial charge < -0.3 is 25.6 Å². The molecule has 3 rings (SSSR count). The summed E-state index contributed by atoms with van der Waals surface area (Å²) in [6, 6.07) is 0. The molecule has 0 aromatic carbocycles. The number of hydrogen-bond acceptors (Lipinski definition) is 5. The molecule has 3 aliphatic rings. The predicted octanol–water partition coefficient (Wildman–Crippen LogP) is 0.744. The van der Waals surface area contributed by atoms with Gasteiger partial charge in [0.05, 0.1) is 13.2 Å². The summed E-state index contributed by atoms with van der Waals surface area (Å²) in [6.07, 6.45) is 7.31. The van der Waals surface area contributed by atoms with E-state index in [4.69, 9.17) is 10.5 Å². The Morgan fingerprint density at radius 1 is 1.17 bits per heavy atom. The van der Waals surface area contributed by atoms with E-state index >= 15 is 0 Å². The fraction of sp³-hybridized carbons (Fsp3) is 0.864. The van der Waals surface area contributed by atoms with E-state index in [9.17, 15) is 14.4 Å². The molecule has 1 aliphatic heterocycles. The average Bonchev–Trinajstić information content (AvgIpc) is 3.41. The van der Waals surface area contributed by atoms with Gasteiger partial charge in [-0.2, -0.15) is 0 Å². The maximum absolute atomic E-state index is 13.3. The fourth-order valence-corrected chi connectivity index (χ4v) is 5.09. The summed E-state index contributed by atoms with van der Waals surface area (Å²) in [5.74, 6) is -0.586. The number of nitrogens with zero attached hydrogens (tertiary/aromatic N) is 2. The number of primary amides is 1. The molecule has 8 nitrogen and oxygen atoms in total. The lowest BCUT2D eigenvalue weighted by molar-refractivity contribution is -0.140. The molecule has 8 heteroatoms. The van der Waals surface area contributed by atoms with Crippen molar-refractivity contribution in [3.8, 4) is 0 Å². The second-order valence-electron chi connectivity index (χ2n) is 9.62. The molecule has 1 unspecified atom stereocenters. The second kappa shape index (κ2) is 10.1. The van der Waals surface area contributed by atoms with Crippen LogP contribution in [0.3, 0.4) is 0 Å². The summed E-state index contributed by atoms with van der Waals surface area (Å²) >= 11 is 0. The highest BCUT2D eigenvalue weighted by Crippen LogP contribution is 2.44. The Morgan fingerprint density at radius 2 is 1.83 bits per heavy atom. The first-order valence-corrected chi connectivity index (χ1v) is 11.4. The van der Waals surface area contributed by atoms with Crippen LogP contribution in [0.15, 0.2) is 0 Å². The van der Waals surface area contributed by atoms with Gasteiger partial charge in [0.25, 0.3) is 0 Å². The summed E-state index contributed by atoms with van der Waals surface area (Å²) in [5, 5.41) is 2.98. The number of carbonyl (C=O) groups excluding carboxylic acids is 3. The van der Waals surface area contributed by atoms with Crippen molar-refractivity contribution in [1.29, 1.82) is 0 Å². The van der Waals surface area contributed by atoms with Crippen LogP contribution < -0.4 is 11.1 Å². The van der Waals surface area contributed by atoms with Gasteiger partial charge in [-0.25, -0.2) is 0 Å². The number of nitrogens with two attached hydrogens (primary N) is 1. The number of morpholine rings is 1. The molecular formula is C22H38N4O4. The zero-order valence-electron chi connectivity index (χ0n) is 18.5. The van der Waals surface area contributed by atoms with Crippen LogP contribution in [0.2, 0.25) is 0 Å². The van der Waals surface area contributed by atoms with Crippen molar-refractivity contribution < 1.29 is 19.1 Å². The molecular weight excluding hydrogens is 384 g/mol. The van der Waals surface area contributed by atoms with Gasteiger partial charge in [-0.15, -0.1) is 0 Å². The average molecular weight is 423 g/mol. The zero-order chi connectivity index (χ0) is 21.7. The fourth-order valence-electron chi connectivity index (χ4n) is 5.09. The van der Waals surface area contributed by atoms with Crippen molar-refractivity contribution in [2.75, 3.05) is 46.9 Å². The smallest absolute Gasteiger partial charge is 0.243 e. The molecule has 1 heterocycles. The standard InChI is InChI=1S/C22H38N4O4/c1-25(2)15-18-14-22(18,21(23)29)24-20(28)17(12-16-6-4-3-5-7-16)13-19(27)26-8-10-30-11-9-26/h16-18H,3-15H2,1-2H3,(H2,23,29)(H,24,28)/t17-,18?,22+/m1/s1. The first-order valence-electron chi connectivity index (χ1n) is 11.4. The molecule has 2 saturated carbocycles. The number of hydrogen-bond donors (Lipinski definition) is 2. The minimum Gasteiger partial charge on any atom is -0.378 e. The molecule has 3 N–H and O–H groups in total. The Morgan fingerprint density at radius 3 is 2.43 bits per heavy atom. The lowest BCUT2D eigenvalue weighted by atomic mass is 9.81. The molecule has 1 saturated heterocycles. The highest BCUT2D eigenvalue weighted by molar-refractivity contribution is 5.95. The van der Waals surface area contributed by atoms with Crippen LogP contribution in [-0.4, -0.2) is 80.0 Å². The van der Waals surface area contributed by atoms with E-state index in [0.29, 0.717) is 51.6 Å².